The topological polar surface area (TPSA) is 46.2 Å². The Balaban J connectivity index is 3.27. The minimum Gasteiger partial charge on any atom is -0.507 e. The van der Waals surface area contributed by atoms with Crippen LogP contribution in [0.5, 0.6) is 5.75 Å². The van der Waals surface area contributed by atoms with E-state index < -0.39 is 0 Å². The highest BCUT2D eigenvalue weighted by Gasteiger charge is 2.08. The third-order valence-electron chi connectivity index (χ3n) is 2.22. The zero-order valence-corrected chi connectivity index (χ0v) is 7.76. The van der Waals surface area contributed by atoms with E-state index in [0.29, 0.717) is 5.75 Å². The van der Waals surface area contributed by atoms with Gasteiger partial charge in [-0.15, -0.1) is 0 Å². The summed E-state index contributed by atoms with van der Waals surface area (Å²) in [6, 6.07) is 3.75. The van der Waals surface area contributed by atoms with Gasteiger partial charge in [0.1, 0.15) is 5.75 Å². The van der Waals surface area contributed by atoms with Gasteiger partial charge in [-0.1, -0.05) is 12.1 Å². The molecule has 0 saturated carbocycles. The maximum atomic E-state index is 9.67. The second-order valence-corrected chi connectivity index (χ2v) is 3.23. The molecule has 1 rings (SSSR count). The molecule has 0 aliphatic carbocycles. The van der Waals surface area contributed by atoms with Crippen LogP contribution in [0.4, 0.5) is 0 Å². The quantitative estimate of drug-likeness (QED) is 0.668. The molecule has 1 aromatic rings. The van der Waals surface area contributed by atoms with Crippen molar-refractivity contribution in [3.8, 4) is 5.75 Å². The van der Waals surface area contributed by atoms with Crippen LogP contribution >= 0.6 is 0 Å². The predicted molar refractivity (Wildman–Crippen MR) is 50.2 cm³/mol. The fraction of sp³-hybridized carbons (Fsp3) is 0.400. The lowest BCUT2D eigenvalue weighted by atomic mass is 10.0. The molecule has 1 atom stereocenters. The summed E-state index contributed by atoms with van der Waals surface area (Å²) in [6.07, 6.45) is 0. The van der Waals surface area contributed by atoms with E-state index in [9.17, 15) is 5.11 Å². The molecule has 1 unspecified atom stereocenters. The minimum absolute atomic E-state index is 0.107. The molecule has 66 valence electrons. The molecule has 2 heteroatoms. The zero-order valence-electron chi connectivity index (χ0n) is 7.76. The Morgan fingerprint density at radius 2 is 1.92 bits per heavy atom. The lowest BCUT2D eigenvalue weighted by Gasteiger charge is -2.11. The molecule has 1 aromatic carbocycles. The van der Waals surface area contributed by atoms with Crippen molar-refractivity contribution in [1.82, 2.24) is 0 Å². The molecule has 0 aromatic heterocycles. The lowest BCUT2D eigenvalue weighted by Crippen LogP contribution is -2.05. The van der Waals surface area contributed by atoms with E-state index in [0.717, 1.165) is 16.7 Å². The SMILES string of the molecule is Cc1ccc(C(C)N)c(O)c1C. The van der Waals surface area contributed by atoms with Crippen molar-refractivity contribution < 1.29 is 5.11 Å². The van der Waals surface area contributed by atoms with E-state index in [1.807, 2.05) is 32.9 Å². The van der Waals surface area contributed by atoms with Crippen LogP contribution in [-0.4, -0.2) is 5.11 Å². The number of phenols is 1. The fourth-order valence-electron chi connectivity index (χ4n) is 1.19. The first-order chi connectivity index (χ1) is 5.54. The summed E-state index contributed by atoms with van der Waals surface area (Å²) in [5.74, 6) is 0.338. The molecular formula is C10H15NO. The molecule has 0 heterocycles. The van der Waals surface area contributed by atoms with Crippen LogP contribution in [0.3, 0.4) is 0 Å². The van der Waals surface area contributed by atoms with Gasteiger partial charge >= 0.3 is 0 Å². The molecule has 0 amide bonds. The van der Waals surface area contributed by atoms with Gasteiger partial charge in [-0.2, -0.15) is 0 Å². The molecule has 0 bridgehead atoms. The molecule has 0 aliphatic heterocycles. The number of hydrogen-bond acceptors (Lipinski definition) is 2. The smallest absolute Gasteiger partial charge is 0.123 e. The van der Waals surface area contributed by atoms with Gasteiger partial charge in [-0.3, -0.25) is 0 Å². The van der Waals surface area contributed by atoms with Crippen molar-refractivity contribution in [2.45, 2.75) is 26.8 Å². The van der Waals surface area contributed by atoms with E-state index >= 15 is 0 Å². The summed E-state index contributed by atoms with van der Waals surface area (Å²) < 4.78 is 0. The van der Waals surface area contributed by atoms with Gasteiger partial charge in [0.15, 0.2) is 0 Å². The van der Waals surface area contributed by atoms with Crippen molar-refractivity contribution in [3.05, 3.63) is 28.8 Å². The second kappa shape index (κ2) is 3.15. The monoisotopic (exact) mass is 165 g/mol. The predicted octanol–water partition coefficient (Wildman–Crippen LogP) is 2.03. The molecule has 0 saturated heterocycles. The molecule has 0 aliphatic rings. The van der Waals surface area contributed by atoms with E-state index in [1.165, 1.54) is 0 Å². The molecular weight excluding hydrogens is 150 g/mol. The summed E-state index contributed by atoms with van der Waals surface area (Å²) >= 11 is 0. The maximum Gasteiger partial charge on any atom is 0.123 e. The highest BCUT2D eigenvalue weighted by atomic mass is 16.3. The minimum atomic E-state index is -0.107. The third kappa shape index (κ3) is 1.43. The van der Waals surface area contributed by atoms with Crippen molar-refractivity contribution >= 4 is 0 Å². The maximum absolute atomic E-state index is 9.67. The summed E-state index contributed by atoms with van der Waals surface area (Å²) in [5, 5.41) is 9.67. The number of rotatable bonds is 1. The third-order valence-corrected chi connectivity index (χ3v) is 2.22. The Hall–Kier alpha value is -1.02. The van der Waals surface area contributed by atoms with Crippen molar-refractivity contribution in [1.29, 1.82) is 0 Å². The van der Waals surface area contributed by atoms with Gasteiger partial charge in [0.2, 0.25) is 0 Å². The first-order valence-corrected chi connectivity index (χ1v) is 4.08. The molecule has 0 spiro atoms. The van der Waals surface area contributed by atoms with Gasteiger partial charge in [-0.05, 0) is 31.9 Å². The summed E-state index contributed by atoms with van der Waals surface area (Å²) in [7, 11) is 0. The number of aryl methyl sites for hydroxylation is 1. The van der Waals surface area contributed by atoms with Gasteiger partial charge < -0.3 is 10.8 Å². The Morgan fingerprint density at radius 3 is 2.42 bits per heavy atom. The number of phenolic OH excluding ortho intramolecular Hbond substituents is 1. The standard InChI is InChI=1S/C10H15NO/c1-6-4-5-9(8(3)11)10(12)7(6)2/h4-5,8,12H,11H2,1-3H3. The van der Waals surface area contributed by atoms with Gasteiger partial charge in [-0.25, -0.2) is 0 Å². The number of nitrogens with two attached hydrogens (primary N) is 1. The van der Waals surface area contributed by atoms with Crippen molar-refractivity contribution in [2.75, 3.05) is 0 Å². The first-order valence-electron chi connectivity index (χ1n) is 4.08. The van der Waals surface area contributed by atoms with Crippen LogP contribution in [0.1, 0.15) is 29.7 Å². The average Bonchev–Trinajstić information content (AvgIpc) is 2.00. The van der Waals surface area contributed by atoms with Crippen molar-refractivity contribution in [2.24, 2.45) is 5.73 Å². The summed E-state index contributed by atoms with van der Waals surface area (Å²) in [4.78, 5) is 0. The Morgan fingerprint density at radius 1 is 1.33 bits per heavy atom. The molecule has 0 radical (unpaired) electrons. The van der Waals surface area contributed by atoms with Gasteiger partial charge in [0.05, 0.1) is 0 Å². The largest absolute Gasteiger partial charge is 0.507 e. The van der Waals surface area contributed by atoms with E-state index in [1.54, 1.807) is 0 Å². The van der Waals surface area contributed by atoms with E-state index in [2.05, 4.69) is 0 Å². The van der Waals surface area contributed by atoms with Crippen LogP contribution in [-0.2, 0) is 0 Å². The highest BCUT2D eigenvalue weighted by molar-refractivity contribution is 5.45. The lowest BCUT2D eigenvalue weighted by molar-refractivity contribution is 0.459. The Bertz CT molecular complexity index is 292. The highest BCUT2D eigenvalue weighted by Crippen LogP contribution is 2.28. The van der Waals surface area contributed by atoms with Crippen LogP contribution in [0.15, 0.2) is 12.1 Å². The average molecular weight is 165 g/mol. The molecule has 12 heavy (non-hydrogen) atoms. The first kappa shape index (κ1) is 9.07. The van der Waals surface area contributed by atoms with E-state index in [-0.39, 0.29) is 6.04 Å². The van der Waals surface area contributed by atoms with Crippen LogP contribution in [0.25, 0.3) is 0 Å². The Kier molecular flexibility index (Phi) is 2.38. The summed E-state index contributed by atoms with van der Waals surface area (Å²) in [6.45, 7) is 5.74. The van der Waals surface area contributed by atoms with Gasteiger partial charge in [0, 0.05) is 11.6 Å². The van der Waals surface area contributed by atoms with Crippen LogP contribution < -0.4 is 5.73 Å². The zero-order chi connectivity index (χ0) is 9.30. The van der Waals surface area contributed by atoms with Crippen LogP contribution in [0, 0.1) is 13.8 Å². The Labute approximate surface area is 73.0 Å². The number of hydrogen-bond donors (Lipinski definition) is 2. The second-order valence-electron chi connectivity index (χ2n) is 3.23. The van der Waals surface area contributed by atoms with Gasteiger partial charge in [0.25, 0.3) is 0 Å². The normalized spacial score (nSPS) is 13.0. The number of aromatic hydroxyl groups is 1. The van der Waals surface area contributed by atoms with E-state index in [4.69, 9.17) is 5.73 Å². The summed E-state index contributed by atoms with van der Waals surface area (Å²) in [5.41, 5.74) is 8.51. The van der Waals surface area contributed by atoms with Crippen LogP contribution in [0.2, 0.25) is 0 Å². The fourth-order valence-corrected chi connectivity index (χ4v) is 1.19. The molecule has 2 nitrogen and oxygen atoms in total. The van der Waals surface area contributed by atoms with Crippen molar-refractivity contribution in [3.63, 3.8) is 0 Å². The molecule has 3 N–H and O–H groups in total. The number of benzene rings is 1. The molecule has 0 fully saturated rings.